The fourth-order valence-electron chi connectivity index (χ4n) is 1.93. The van der Waals surface area contributed by atoms with Gasteiger partial charge in [0.1, 0.15) is 10.5 Å². The lowest BCUT2D eigenvalue weighted by molar-refractivity contribution is 0.619. The van der Waals surface area contributed by atoms with Gasteiger partial charge in [0.05, 0.1) is 12.0 Å². The average molecular weight is 262 g/mol. The Balaban J connectivity index is 2.67. The van der Waals surface area contributed by atoms with Crippen LogP contribution >= 0.6 is 12.2 Å². The SMILES string of the molecule is Cc1ccc(-c2[nH]cnc(=S)c2C(C)C)cc1F. The molecule has 18 heavy (non-hydrogen) atoms. The van der Waals surface area contributed by atoms with E-state index in [-0.39, 0.29) is 11.7 Å². The maximum absolute atomic E-state index is 13.6. The van der Waals surface area contributed by atoms with Crippen molar-refractivity contribution in [3.63, 3.8) is 0 Å². The molecule has 0 fully saturated rings. The monoisotopic (exact) mass is 262 g/mol. The molecule has 0 radical (unpaired) electrons. The van der Waals surface area contributed by atoms with Gasteiger partial charge >= 0.3 is 0 Å². The van der Waals surface area contributed by atoms with Crippen LogP contribution in [0.3, 0.4) is 0 Å². The van der Waals surface area contributed by atoms with Crippen LogP contribution in [0.25, 0.3) is 11.3 Å². The summed E-state index contributed by atoms with van der Waals surface area (Å²) in [6.07, 6.45) is 1.56. The normalized spacial score (nSPS) is 10.9. The summed E-state index contributed by atoms with van der Waals surface area (Å²) < 4.78 is 14.2. The first kappa shape index (κ1) is 12.9. The van der Waals surface area contributed by atoms with Gasteiger partial charge in [-0.15, -0.1) is 0 Å². The van der Waals surface area contributed by atoms with E-state index in [0.717, 1.165) is 16.8 Å². The van der Waals surface area contributed by atoms with E-state index in [1.54, 1.807) is 19.3 Å². The summed E-state index contributed by atoms with van der Waals surface area (Å²) in [6.45, 7) is 5.85. The minimum Gasteiger partial charge on any atom is -0.346 e. The van der Waals surface area contributed by atoms with Crippen LogP contribution in [0.4, 0.5) is 4.39 Å². The summed E-state index contributed by atoms with van der Waals surface area (Å²) in [4.78, 5) is 7.17. The van der Waals surface area contributed by atoms with Crippen molar-refractivity contribution in [3.05, 3.63) is 46.1 Å². The predicted octanol–water partition coefficient (Wildman–Crippen LogP) is 4.38. The zero-order valence-electron chi connectivity index (χ0n) is 10.6. The molecule has 0 aliphatic carbocycles. The summed E-state index contributed by atoms with van der Waals surface area (Å²) in [7, 11) is 0. The molecule has 1 heterocycles. The van der Waals surface area contributed by atoms with Crippen LogP contribution in [0, 0.1) is 17.4 Å². The third kappa shape index (κ3) is 2.34. The van der Waals surface area contributed by atoms with E-state index < -0.39 is 0 Å². The molecular weight excluding hydrogens is 247 g/mol. The zero-order chi connectivity index (χ0) is 13.3. The van der Waals surface area contributed by atoms with Crippen LogP contribution < -0.4 is 0 Å². The number of rotatable bonds is 2. The standard InChI is InChI=1S/C14H15FN2S/c1-8(2)12-13(16-7-17-14(12)18)10-5-4-9(3)11(15)6-10/h4-8H,1-3H3,(H,16,17,18). The van der Waals surface area contributed by atoms with Crippen molar-refractivity contribution in [1.29, 1.82) is 0 Å². The topological polar surface area (TPSA) is 28.7 Å². The number of benzene rings is 1. The molecule has 94 valence electrons. The maximum Gasteiger partial charge on any atom is 0.133 e. The van der Waals surface area contributed by atoms with Gasteiger partial charge in [-0.05, 0) is 24.5 Å². The van der Waals surface area contributed by atoms with Crippen molar-refractivity contribution < 1.29 is 4.39 Å². The van der Waals surface area contributed by atoms with Crippen LogP contribution in [0.2, 0.25) is 0 Å². The van der Waals surface area contributed by atoms with Gasteiger partial charge in [0.15, 0.2) is 0 Å². The Kier molecular flexibility index (Phi) is 3.57. The number of aromatic nitrogens is 2. The van der Waals surface area contributed by atoms with Crippen LogP contribution in [-0.4, -0.2) is 9.97 Å². The minimum atomic E-state index is -0.210. The number of aryl methyl sites for hydroxylation is 1. The Hall–Kier alpha value is -1.55. The summed E-state index contributed by atoms with van der Waals surface area (Å²) in [5, 5.41) is 0. The highest BCUT2D eigenvalue weighted by Crippen LogP contribution is 2.28. The fourth-order valence-corrected chi connectivity index (χ4v) is 2.32. The van der Waals surface area contributed by atoms with E-state index in [0.29, 0.717) is 10.2 Å². The molecule has 0 aliphatic rings. The van der Waals surface area contributed by atoms with Gasteiger partial charge in [0, 0.05) is 11.1 Å². The Morgan fingerprint density at radius 3 is 2.67 bits per heavy atom. The summed E-state index contributed by atoms with van der Waals surface area (Å²) in [5.41, 5.74) is 3.24. The number of hydrogen-bond donors (Lipinski definition) is 1. The second kappa shape index (κ2) is 4.98. The third-order valence-corrected chi connectivity index (χ3v) is 3.25. The number of nitrogens with zero attached hydrogens (tertiary/aromatic N) is 1. The summed E-state index contributed by atoms with van der Waals surface area (Å²) in [6, 6.07) is 5.19. The molecule has 1 aromatic carbocycles. The lowest BCUT2D eigenvalue weighted by Gasteiger charge is -2.12. The van der Waals surface area contributed by atoms with Gasteiger partial charge in [-0.1, -0.05) is 38.2 Å². The molecule has 0 bridgehead atoms. The summed E-state index contributed by atoms with van der Waals surface area (Å²) in [5.74, 6) is 0.0279. The quantitative estimate of drug-likeness (QED) is 0.814. The second-order valence-corrected chi connectivity index (χ2v) is 5.00. The highest BCUT2D eigenvalue weighted by molar-refractivity contribution is 7.71. The third-order valence-electron chi connectivity index (χ3n) is 2.93. The lowest BCUT2D eigenvalue weighted by atomic mass is 9.98. The molecule has 0 unspecified atom stereocenters. The number of aromatic amines is 1. The van der Waals surface area contributed by atoms with E-state index >= 15 is 0 Å². The number of nitrogens with one attached hydrogen (secondary N) is 1. The van der Waals surface area contributed by atoms with Gasteiger partial charge in [0.2, 0.25) is 0 Å². The van der Waals surface area contributed by atoms with E-state index in [1.807, 2.05) is 6.07 Å². The molecule has 2 rings (SSSR count). The van der Waals surface area contributed by atoms with Gasteiger partial charge in [0.25, 0.3) is 0 Å². The van der Waals surface area contributed by atoms with E-state index in [9.17, 15) is 4.39 Å². The molecular formula is C14H15FN2S. The van der Waals surface area contributed by atoms with Crippen molar-refractivity contribution in [2.75, 3.05) is 0 Å². The Morgan fingerprint density at radius 2 is 2.06 bits per heavy atom. The molecule has 0 saturated carbocycles. The Morgan fingerprint density at radius 1 is 1.33 bits per heavy atom. The average Bonchev–Trinajstić information content (AvgIpc) is 2.32. The highest BCUT2D eigenvalue weighted by Gasteiger charge is 2.12. The molecule has 0 aliphatic heterocycles. The Labute approximate surface area is 111 Å². The molecule has 4 heteroatoms. The Bertz CT molecular complexity index is 632. The largest absolute Gasteiger partial charge is 0.346 e. The van der Waals surface area contributed by atoms with Gasteiger partial charge in [-0.25, -0.2) is 9.37 Å². The molecule has 0 saturated heterocycles. The first-order chi connectivity index (χ1) is 8.50. The second-order valence-electron chi connectivity index (χ2n) is 4.62. The fraction of sp³-hybridized carbons (Fsp3) is 0.286. The molecule has 0 spiro atoms. The summed E-state index contributed by atoms with van der Waals surface area (Å²) >= 11 is 5.25. The molecule has 2 aromatic rings. The highest BCUT2D eigenvalue weighted by atomic mass is 32.1. The van der Waals surface area contributed by atoms with Gasteiger partial charge in [-0.2, -0.15) is 0 Å². The van der Waals surface area contributed by atoms with E-state index in [1.165, 1.54) is 6.07 Å². The first-order valence-corrected chi connectivity index (χ1v) is 6.25. The molecule has 2 nitrogen and oxygen atoms in total. The van der Waals surface area contributed by atoms with E-state index in [4.69, 9.17) is 12.2 Å². The first-order valence-electron chi connectivity index (χ1n) is 5.84. The van der Waals surface area contributed by atoms with Crippen LogP contribution in [-0.2, 0) is 0 Å². The number of halogens is 1. The lowest BCUT2D eigenvalue weighted by Crippen LogP contribution is -1.99. The maximum atomic E-state index is 13.6. The van der Waals surface area contributed by atoms with Gasteiger partial charge in [-0.3, -0.25) is 0 Å². The van der Waals surface area contributed by atoms with Crippen molar-refractivity contribution >= 4 is 12.2 Å². The number of hydrogen-bond acceptors (Lipinski definition) is 2. The van der Waals surface area contributed by atoms with E-state index in [2.05, 4.69) is 23.8 Å². The van der Waals surface area contributed by atoms with Crippen LogP contribution in [0.1, 0.15) is 30.9 Å². The van der Waals surface area contributed by atoms with Crippen molar-refractivity contribution in [3.8, 4) is 11.3 Å². The molecule has 0 amide bonds. The van der Waals surface area contributed by atoms with Crippen LogP contribution in [0.15, 0.2) is 24.5 Å². The van der Waals surface area contributed by atoms with Gasteiger partial charge < -0.3 is 4.98 Å². The molecule has 0 atom stereocenters. The van der Waals surface area contributed by atoms with Crippen molar-refractivity contribution in [1.82, 2.24) is 9.97 Å². The smallest absolute Gasteiger partial charge is 0.133 e. The predicted molar refractivity (Wildman–Crippen MR) is 73.6 cm³/mol. The minimum absolute atomic E-state index is 0.210. The van der Waals surface area contributed by atoms with Crippen LogP contribution in [0.5, 0.6) is 0 Å². The van der Waals surface area contributed by atoms with Crippen molar-refractivity contribution in [2.45, 2.75) is 26.7 Å². The zero-order valence-corrected chi connectivity index (χ0v) is 11.4. The van der Waals surface area contributed by atoms with Crippen molar-refractivity contribution in [2.24, 2.45) is 0 Å². The molecule has 1 N–H and O–H groups in total. The number of H-pyrrole nitrogens is 1. The molecule has 1 aromatic heterocycles.